The van der Waals surface area contributed by atoms with Crippen LogP contribution in [0.2, 0.25) is 0 Å². The molecule has 2 aromatic heterocycles. The first-order chi connectivity index (χ1) is 8.88. The zero-order chi connectivity index (χ0) is 14.0. The Morgan fingerprint density at radius 2 is 2.16 bits per heavy atom. The fourth-order valence-electron chi connectivity index (χ4n) is 1.30. The average Bonchev–Trinajstić information content (AvgIpc) is 2.82. The number of nitrogens with zero attached hydrogens (tertiary/aromatic N) is 1. The third-order valence-electron chi connectivity index (χ3n) is 2.18. The average molecular weight is 285 g/mol. The van der Waals surface area contributed by atoms with Gasteiger partial charge in [0, 0.05) is 6.20 Å². The number of aromatic carboxylic acids is 1. The molecule has 7 nitrogen and oxygen atoms in total. The number of sulfonamides is 1. The van der Waals surface area contributed by atoms with Crippen LogP contribution in [0.15, 0.2) is 35.5 Å². The summed E-state index contributed by atoms with van der Waals surface area (Å²) in [5.74, 6) is -2.01. The number of carboxylic acid groups (broad SMARTS) is 1. The lowest BCUT2D eigenvalue weighted by atomic mass is 10.4. The minimum atomic E-state index is -3.95. The maximum absolute atomic E-state index is 12.6. The molecule has 2 rings (SSSR count). The summed E-state index contributed by atoms with van der Waals surface area (Å²) in [6.45, 7) is 0. The molecule has 0 fully saturated rings. The Hall–Kier alpha value is -2.42. The van der Waals surface area contributed by atoms with Crippen molar-refractivity contribution in [3.8, 4) is 0 Å². The molecule has 0 unspecified atom stereocenters. The van der Waals surface area contributed by atoms with Crippen LogP contribution in [-0.4, -0.2) is 29.5 Å². The molecule has 0 amide bonds. The number of aromatic nitrogens is 2. The molecule has 0 aliphatic carbocycles. The zero-order valence-corrected chi connectivity index (χ0v) is 10.1. The van der Waals surface area contributed by atoms with E-state index in [-0.39, 0.29) is 16.3 Å². The Labute approximate surface area is 107 Å². The number of hydrogen-bond donors (Lipinski definition) is 3. The second-order valence-corrected chi connectivity index (χ2v) is 5.21. The van der Waals surface area contributed by atoms with E-state index < -0.39 is 21.9 Å². The molecule has 0 aromatic carbocycles. The lowest BCUT2D eigenvalue weighted by Gasteiger charge is -2.05. The van der Waals surface area contributed by atoms with Crippen molar-refractivity contribution in [3.05, 3.63) is 42.2 Å². The summed E-state index contributed by atoms with van der Waals surface area (Å²) in [7, 11) is -3.95. The third-order valence-corrected chi connectivity index (χ3v) is 3.54. The van der Waals surface area contributed by atoms with Gasteiger partial charge in [-0.15, -0.1) is 0 Å². The van der Waals surface area contributed by atoms with E-state index in [1.165, 1.54) is 6.07 Å². The van der Waals surface area contributed by atoms with Crippen molar-refractivity contribution < 1.29 is 22.7 Å². The van der Waals surface area contributed by atoms with E-state index in [0.717, 1.165) is 24.5 Å². The SMILES string of the molecule is O=C(O)c1cc(S(=O)(=O)Nc2ccc(F)nc2)c[nH]1. The van der Waals surface area contributed by atoms with Crippen LogP contribution in [0.1, 0.15) is 10.5 Å². The van der Waals surface area contributed by atoms with Crippen LogP contribution in [0.3, 0.4) is 0 Å². The molecular formula is C10H8FN3O4S. The van der Waals surface area contributed by atoms with Gasteiger partial charge in [-0.3, -0.25) is 4.72 Å². The first-order valence-electron chi connectivity index (χ1n) is 4.94. The van der Waals surface area contributed by atoms with Crippen LogP contribution in [0.5, 0.6) is 0 Å². The fourth-order valence-corrected chi connectivity index (χ4v) is 2.34. The Kier molecular flexibility index (Phi) is 3.21. The van der Waals surface area contributed by atoms with Crippen LogP contribution in [0.4, 0.5) is 10.1 Å². The molecule has 9 heteroatoms. The van der Waals surface area contributed by atoms with E-state index in [1.54, 1.807) is 0 Å². The van der Waals surface area contributed by atoms with E-state index in [4.69, 9.17) is 5.11 Å². The summed E-state index contributed by atoms with van der Waals surface area (Å²) in [6.07, 6.45) is 2.06. The lowest BCUT2D eigenvalue weighted by Crippen LogP contribution is -2.12. The molecule has 0 spiro atoms. The molecule has 0 saturated heterocycles. The molecule has 0 aliphatic heterocycles. The van der Waals surface area contributed by atoms with Gasteiger partial charge in [0.1, 0.15) is 10.6 Å². The highest BCUT2D eigenvalue weighted by Crippen LogP contribution is 2.16. The lowest BCUT2D eigenvalue weighted by molar-refractivity contribution is 0.0691. The van der Waals surface area contributed by atoms with Crippen molar-refractivity contribution in [3.63, 3.8) is 0 Å². The number of carbonyl (C=O) groups is 1. The second-order valence-electron chi connectivity index (χ2n) is 3.53. The van der Waals surface area contributed by atoms with E-state index in [9.17, 15) is 17.6 Å². The third kappa shape index (κ3) is 2.88. The number of halogens is 1. The summed E-state index contributed by atoms with van der Waals surface area (Å²) in [5.41, 5.74) is -0.183. The van der Waals surface area contributed by atoms with Crippen LogP contribution in [0, 0.1) is 5.95 Å². The molecule has 0 radical (unpaired) electrons. The molecule has 19 heavy (non-hydrogen) atoms. The number of hydrogen-bond acceptors (Lipinski definition) is 4. The number of aromatic amines is 1. The smallest absolute Gasteiger partial charge is 0.352 e. The molecule has 2 heterocycles. The van der Waals surface area contributed by atoms with Crippen molar-refractivity contribution in [2.75, 3.05) is 4.72 Å². The summed E-state index contributed by atoms with van der Waals surface area (Å²) < 4.78 is 38.5. The van der Waals surface area contributed by atoms with Gasteiger partial charge in [0.05, 0.1) is 11.9 Å². The minimum Gasteiger partial charge on any atom is -0.477 e. The summed E-state index contributed by atoms with van der Waals surface area (Å²) in [6, 6.07) is 3.17. The van der Waals surface area contributed by atoms with E-state index >= 15 is 0 Å². The van der Waals surface area contributed by atoms with Crippen molar-refractivity contribution >= 4 is 21.7 Å². The molecule has 0 atom stereocenters. The van der Waals surface area contributed by atoms with Crippen molar-refractivity contribution in [1.29, 1.82) is 0 Å². The molecule has 0 saturated carbocycles. The minimum absolute atomic E-state index is 0.0690. The molecule has 0 aliphatic rings. The normalized spacial score (nSPS) is 11.2. The van der Waals surface area contributed by atoms with Gasteiger partial charge in [0.25, 0.3) is 10.0 Å². The summed E-state index contributed by atoms with van der Waals surface area (Å²) in [5, 5.41) is 8.69. The number of pyridine rings is 1. The van der Waals surface area contributed by atoms with Crippen LogP contribution >= 0.6 is 0 Å². The predicted molar refractivity (Wildman–Crippen MR) is 62.8 cm³/mol. The van der Waals surface area contributed by atoms with Gasteiger partial charge in [-0.05, 0) is 18.2 Å². The quantitative estimate of drug-likeness (QED) is 0.727. The standard InChI is InChI=1S/C10H8FN3O4S/c11-9-2-1-6(4-13-9)14-19(17,18)7-3-8(10(15)16)12-5-7/h1-5,12,14H,(H,15,16). The second kappa shape index (κ2) is 4.69. The Morgan fingerprint density at radius 1 is 1.42 bits per heavy atom. The van der Waals surface area contributed by atoms with E-state index in [2.05, 4.69) is 14.7 Å². The van der Waals surface area contributed by atoms with E-state index in [0.29, 0.717) is 0 Å². The number of rotatable bonds is 4. The largest absolute Gasteiger partial charge is 0.477 e. The van der Waals surface area contributed by atoms with Crippen LogP contribution < -0.4 is 4.72 Å². The molecule has 100 valence electrons. The van der Waals surface area contributed by atoms with Gasteiger partial charge >= 0.3 is 5.97 Å². The number of carboxylic acids is 1. The molecule has 2 aromatic rings. The fraction of sp³-hybridized carbons (Fsp3) is 0. The monoisotopic (exact) mass is 285 g/mol. The topological polar surface area (TPSA) is 112 Å². The number of nitrogens with one attached hydrogen (secondary N) is 2. The highest BCUT2D eigenvalue weighted by atomic mass is 32.2. The zero-order valence-electron chi connectivity index (χ0n) is 9.29. The van der Waals surface area contributed by atoms with Gasteiger partial charge in [-0.2, -0.15) is 4.39 Å². The first kappa shape index (κ1) is 13.0. The van der Waals surface area contributed by atoms with Gasteiger partial charge < -0.3 is 10.1 Å². The maximum Gasteiger partial charge on any atom is 0.352 e. The molecule has 0 bridgehead atoms. The Balaban J connectivity index is 2.26. The molecular weight excluding hydrogens is 277 g/mol. The van der Waals surface area contributed by atoms with Crippen molar-refractivity contribution in [2.24, 2.45) is 0 Å². The van der Waals surface area contributed by atoms with Gasteiger partial charge in [0.2, 0.25) is 5.95 Å². The molecule has 3 N–H and O–H groups in total. The number of anilines is 1. The Bertz CT molecular complexity index is 709. The Morgan fingerprint density at radius 3 is 2.68 bits per heavy atom. The predicted octanol–water partition coefficient (Wildman–Crippen LogP) is 1.05. The van der Waals surface area contributed by atoms with Crippen molar-refractivity contribution in [1.82, 2.24) is 9.97 Å². The van der Waals surface area contributed by atoms with Gasteiger partial charge in [0.15, 0.2) is 0 Å². The first-order valence-corrected chi connectivity index (χ1v) is 6.43. The summed E-state index contributed by atoms with van der Waals surface area (Å²) in [4.78, 5) is 16.0. The highest BCUT2D eigenvalue weighted by Gasteiger charge is 2.18. The van der Waals surface area contributed by atoms with Crippen LogP contribution in [-0.2, 0) is 10.0 Å². The maximum atomic E-state index is 12.6. The summed E-state index contributed by atoms with van der Waals surface area (Å²) >= 11 is 0. The van der Waals surface area contributed by atoms with Gasteiger partial charge in [-0.25, -0.2) is 18.2 Å². The van der Waals surface area contributed by atoms with E-state index in [1.807, 2.05) is 0 Å². The van der Waals surface area contributed by atoms with Gasteiger partial charge in [-0.1, -0.05) is 0 Å². The highest BCUT2D eigenvalue weighted by molar-refractivity contribution is 7.92. The van der Waals surface area contributed by atoms with Crippen LogP contribution in [0.25, 0.3) is 0 Å². The van der Waals surface area contributed by atoms with Crippen molar-refractivity contribution in [2.45, 2.75) is 4.90 Å². The number of H-pyrrole nitrogens is 1.